The number of hydrogen-bond acceptors (Lipinski definition) is 29. The van der Waals surface area contributed by atoms with E-state index < -0.39 is 64.7 Å². The molecule has 38 heteroatoms. The van der Waals surface area contributed by atoms with E-state index >= 15 is 0 Å². The third-order valence-corrected chi connectivity index (χ3v) is 27.0. The predicted octanol–water partition coefficient (Wildman–Crippen LogP) is 22.5. The number of aldehydes is 1. The van der Waals surface area contributed by atoms with Crippen molar-refractivity contribution in [3.05, 3.63) is 129 Å². The Bertz CT molecular complexity index is 4350. The Hall–Kier alpha value is -6.84. The van der Waals surface area contributed by atoms with Crippen LogP contribution in [0.15, 0.2) is 112 Å². The number of esters is 2. The number of thiazole rings is 2. The molecule has 1 aromatic carbocycles. The van der Waals surface area contributed by atoms with Gasteiger partial charge < -0.3 is 49.9 Å². The number of halogens is 2. The Morgan fingerprint density at radius 3 is 1.40 bits per heavy atom. The number of nitrogens with zero attached hydrogens (tertiary/aromatic N) is 6. The molecule has 768 valence electrons. The molecule has 0 saturated carbocycles. The molecule has 2 aromatic heterocycles. The number of aliphatic imine (C=N–C) groups is 2. The summed E-state index contributed by atoms with van der Waals surface area (Å²) in [6.07, 6.45) is 35.6. The van der Waals surface area contributed by atoms with Crippen LogP contribution in [0.5, 0.6) is 0 Å². The van der Waals surface area contributed by atoms with Crippen LogP contribution in [-0.2, 0) is 76.8 Å². The van der Waals surface area contributed by atoms with Gasteiger partial charge in [-0.25, -0.2) is 29.1 Å². The molecule has 0 bridgehead atoms. The zero-order valence-electron chi connectivity index (χ0n) is 84.6. The summed E-state index contributed by atoms with van der Waals surface area (Å²) in [4.78, 5) is 138. The van der Waals surface area contributed by atoms with Gasteiger partial charge in [0.25, 0.3) is 0 Å². The second kappa shape index (κ2) is 73.3. The number of hydrogen-bond donors (Lipinski definition) is 7. The van der Waals surface area contributed by atoms with Crippen LogP contribution < -0.4 is 16.0 Å². The predicted molar refractivity (Wildman–Crippen MR) is 577 cm³/mol. The number of Topliss-reactive ketones (excluding diaryl/α,β-unsaturated/α-hetero) is 1. The molecule has 2 unspecified atom stereocenters. The number of carbonyl (C=O) groups is 10. The molecular weight excluding hydrogens is 1940 g/mol. The number of benzene rings is 1. The van der Waals surface area contributed by atoms with Crippen molar-refractivity contribution in [2.24, 2.45) is 27.7 Å². The number of aromatic nitrogens is 2. The molecule has 27 nitrogen and oxygen atoms in total. The van der Waals surface area contributed by atoms with Crippen LogP contribution in [0.2, 0.25) is 0 Å². The minimum Gasteiger partial charge on any atom is -0.392 e. The number of aliphatic carboxylic acids is 1. The van der Waals surface area contributed by atoms with Crippen LogP contribution >= 0.6 is 117 Å². The maximum atomic E-state index is 13.3. The van der Waals surface area contributed by atoms with Gasteiger partial charge >= 0.3 is 154 Å². The fourth-order valence-electron chi connectivity index (χ4n) is 11.7. The van der Waals surface area contributed by atoms with E-state index in [-0.39, 0.29) is 96.8 Å². The number of amides is 5. The maximum Gasteiger partial charge on any atom is 0.132 e. The van der Waals surface area contributed by atoms with Crippen molar-refractivity contribution in [3.63, 3.8) is 0 Å². The van der Waals surface area contributed by atoms with Crippen molar-refractivity contribution in [1.29, 1.82) is 5.31 Å². The quantitative estimate of drug-likeness (QED) is 0.00526. The van der Waals surface area contributed by atoms with Gasteiger partial charge in [-0.3, -0.25) is 34.1 Å². The number of ether oxygens (including phenoxy) is 4. The van der Waals surface area contributed by atoms with Crippen molar-refractivity contribution < 1.29 is 82.2 Å². The maximum absolute atomic E-state index is 13.3. The number of thioether (sulfide) groups is 4. The average Bonchev–Trinajstić information content (AvgIpc) is 1.66. The molecule has 4 aliphatic rings. The Morgan fingerprint density at radius 2 is 1.01 bits per heavy atom. The van der Waals surface area contributed by atoms with Gasteiger partial charge in [-0.1, -0.05) is 205 Å². The van der Waals surface area contributed by atoms with Gasteiger partial charge in [-0.05, 0) is 131 Å². The van der Waals surface area contributed by atoms with Gasteiger partial charge in [0, 0.05) is 60.6 Å². The SMILES string of the molecule is CC(=O)N1C(=S)SC[C@H]1Cc1ccccc1.CC(C)(C)OC(=O)NCc1nc(C2=N[C@](C)(C(=O)O)CS2)cs1.CCC/C=C\CC(CC)OC(=O)[C@@H](C)C(C)C.CCC/C=C\CC(CC)OC(=O)[C@@H](NC(=O)[C@]1(C)CSC(c2csc(CNC(=O)OC(C)(C)C)n2)=N1)C(C)C.CCC/C=C\CC=O.CCC/C=C\C[C@@H](O)CC(=O)N1C(=S)SC[C@H]1B=N.CCC/C=C\C[C@@H](O)CC(C)=O.ClCCl. The minimum absolute atomic E-state index is 0.0105. The molecule has 0 spiro atoms. The molecule has 7 rings (SSSR count). The van der Waals surface area contributed by atoms with Crippen LogP contribution in [0.25, 0.3) is 0 Å². The zero-order chi connectivity index (χ0) is 104. The molecule has 7 N–H and O–H groups in total. The van der Waals surface area contributed by atoms with Gasteiger partial charge in [0.05, 0.1) is 36.5 Å². The number of thiocarbonyl (C=S) groups is 2. The first-order valence-electron chi connectivity index (χ1n) is 47.1. The van der Waals surface area contributed by atoms with Gasteiger partial charge in [-0.15, -0.1) is 69.4 Å². The van der Waals surface area contributed by atoms with E-state index in [4.69, 9.17) is 76.9 Å². The molecule has 6 heterocycles. The number of alkyl carbamates (subject to hydrolysis) is 2. The summed E-state index contributed by atoms with van der Waals surface area (Å²) in [6.45, 7) is 42.2. The van der Waals surface area contributed by atoms with E-state index in [9.17, 15) is 63.3 Å². The van der Waals surface area contributed by atoms with E-state index in [1.807, 2.05) is 107 Å². The van der Waals surface area contributed by atoms with Gasteiger partial charge in [0.2, 0.25) is 11.8 Å². The fraction of sp³-hybridized carbons (Fsp3) is 0.636. The number of aliphatic hydroxyl groups is 2. The van der Waals surface area contributed by atoms with E-state index in [1.165, 1.54) is 82.4 Å². The molecule has 5 amide bonds. The largest absolute Gasteiger partial charge is 0.392 e. The Morgan fingerprint density at radius 1 is 0.591 bits per heavy atom. The van der Waals surface area contributed by atoms with Crippen molar-refractivity contribution >= 4 is 203 Å². The number of unbranched alkanes of at least 4 members (excludes halogenated alkanes) is 5. The zero-order valence-corrected chi connectivity index (χ0v) is 92.6. The van der Waals surface area contributed by atoms with E-state index in [1.54, 1.807) is 79.0 Å². The summed E-state index contributed by atoms with van der Waals surface area (Å²) in [5.74, 6) is 0.458. The third-order valence-electron chi connectivity index (χ3n) is 19.7. The molecule has 2 saturated heterocycles. The molecule has 0 aliphatic carbocycles. The Balaban J connectivity index is 0.00000165. The Labute approximate surface area is 862 Å². The summed E-state index contributed by atoms with van der Waals surface area (Å²) in [5.41, 5.74) is -0.710. The number of ketones is 1. The third kappa shape index (κ3) is 57.8. The average molecular weight is 2100 g/mol. The number of nitrogens with one attached hydrogen (secondary N) is 4. The number of alkyl halides is 2. The molecule has 0 radical (unpaired) electrons. The van der Waals surface area contributed by atoms with Gasteiger partial charge in [-0.2, -0.15) is 0 Å². The normalized spacial score (nSPS) is 18.0. The van der Waals surface area contributed by atoms with Gasteiger partial charge in [0.1, 0.15) is 82.9 Å². The molecule has 2 fully saturated rings. The summed E-state index contributed by atoms with van der Waals surface area (Å²) >= 11 is 28.4. The molecule has 10 atom stereocenters. The second-order valence-electron chi connectivity index (χ2n) is 35.4. The summed E-state index contributed by atoms with van der Waals surface area (Å²) in [7, 11) is 1.23. The number of allylic oxidation sites excluding steroid dienone is 6. The second-order valence-corrected chi connectivity index (χ2v) is 43.4. The molecule has 4 aliphatic heterocycles. The fourth-order valence-corrected chi connectivity index (χ4v) is 18.4. The van der Waals surface area contributed by atoms with Crippen molar-refractivity contribution in [2.45, 2.75) is 359 Å². The number of carboxylic acid groups (broad SMARTS) is 1. The van der Waals surface area contributed by atoms with Gasteiger partial charge in [0.15, 0.2) is 5.54 Å². The topological polar surface area (TPSA) is 385 Å². The van der Waals surface area contributed by atoms with Crippen molar-refractivity contribution in [2.75, 3.05) is 28.4 Å². The van der Waals surface area contributed by atoms with Crippen LogP contribution in [0, 0.1) is 23.1 Å². The van der Waals surface area contributed by atoms with Crippen LogP contribution in [0.4, 0.5) is 9.59 Å². The summed E-state index contributed by atoms with van der Waals surface area (Å²) < 4.78 is 22.9. The molecule has 3 aromatic rings. The summed E-state index contributed by atoms with van der Waals surface area (Å²) in [5, 5.41) is 50.3. The number of carbonyl (C=O) groups excluding carboxylic acids is 9. The molecular formula is C99H155BCl2N10O17S8. The monoisotopic (exact) mass is 2090 g/mol. The standard InChI is InChI=1S/C28H44N4O5S2.C15H28O2.C14H19N3O4S2.C12H19BN2O2S2.C12H13NOS2.C10H18O2.C7H12O.CH2Cl2/c1-9-11-12-13-14-19(10-2)36-24(33)22(18(3)4)31-25(34)28(8)17-39-23(32-28)20-16-38-21(30-20)15-29-26(35)37-27(5,6)7;1-6-8-9-10-11-14(7-2)17-15(16)13(5)12(3)4;1-13(2,3)21-12(20)15-5-9-16-8(6-22-9)10-17-14(4,7-23-10)11(18)19;1-2-3-4-5-6-9(16)7-11(17)15-10(13-14)8-19-12(15)18;1-9(14)13-11(8-16-12(13)15)7-10-5-3-2-4-6-10;1-3-4-5-6-7-10(12)8-9(2)11;1-2-3-4-5-6-7-8;2-1-3/h12-13,16,18-19,22H,9-11,14-15,17H2,1-8H3,(H,29,35)(H,31,34);9-10,12-14H,6-8,11H2,1-5H3;6H,5,7H2,1-4H3,(H,15,20)(H,18,19);4-5,9-10,14,16H,2-3,6-8H2,1H3;2-6,11H,7-8H2,1H3;5-6,10,12H,3-4,7-8H2,1-2H3;4-5,7H,2-3,6H2,1H3;1H2/b13-12-;10-9-;;5-4-;;6-5-;5-4-;/t19?,22-,28-;13-,14?;14-;9-,10+;11-;10-;;/m000111../s1. The van der Waals surface area contributed by atoms with E-state index in [0.29, 0.717) is 95.4 Å². The van der Waals surface area contributed by atoms with Crippen molar-refractivity contribution in [3.8, 4) is 0 Å². The van der Waals surface area contributed by atoms with Crippen LogP contribution in [-0.4, -0.2) is 214 Å². The first-order chi connectivity index (χ1) is 64.7. The van der Waals surface area contributed by atoms with E-state index in [0.717, 1.165) is 95.5 Å². The van der Waals surface area contributed by atoms with Crippen LogP contribution in [0.1, 0.15) is 301 Å². The van der Waals surface area contributed by atoms with Crippen molar-refractivity contribution in [1.82, 2.24) is 35.7 Å². The number of rotatable bonds is 44. The molecule has 137 heavy (non-hydrogen) atoms. The first kappa shape index (κ1) is 130. The van der Waals surface area contributed by atoms with E-state index in [2.05, 4.69) is 109 Å². The first-order valence-corrected chi connectivity index (χ1v) is 54.6. The summed E-state index contributed by atoms with van der Waals surface area (Å²) in [6, 6.07) is 9.67. The smallest absolute Gasteiger partial charge is 0.132 e. The Kier molecular flexibility index (Phi) is 69.6. The van der Waals surface area contributed by atoms with Crippen LogP contribution in [0.3, 0.4) is 0 Å². The minimum atomic E-state index is -1.10. The number of aliphatic hydroxyl groups excluding tert-OH is 2. The number of carboxylic acids is 1.